The Morgan fingerprint density at radius 1 is 1.12 bits per heavy atom. The van der Waals surface area contributed by atoms with Crippen LogP contribution in [-0.2, 0) is 11.3 Å². The lowest BCUT2D eigenvalue weighted by atomic mass is 10.3. The summed E-state index contributed by atoms with van der Waals surface area (Å²) < 4.78 is 27.7. The van der Waals surface area contributed by atoms with E-state index in [0.29, 0.717) is 0 Å². The van der Waals surface area contributed by atoms with Crippen LogP contribution >= 0.6 is 27.3 Å². The van der Waals surface area contributed by atoms with Gasteiger partial charge in [-0.1, -0.05) is 0 Å². The summed E-state index contributed by atoms with van der Waals surface area (Å²) in [5.41, 5.74) is 0.0103. The molecule has 1 amide bonds. The van der Waals surface area contributed by atoms with E-state index in [1.54, 1.807) is 11.3 Å². The zero-order valence-corrected chi connectivity index (χ0v) is 16.6. The van der Waals surface area contributed by atoms with E-state index in [4.69, 9.17) is 0 Å². The van der Waals surface area contributed by atoms with Gasteiger partial charge in [0.1, 0.15) is 11.6 Å². The third-order valence-electron chi connectivity index (χ3n) is 4.26. The summed E-state index contributed by atoms with van der Waals surface area (Å²) in [5, 5.41) is 2.52. The average Bonchev–Trinajstić information content (AvgIpc) is 2.86. The number of carbonyl (C=O) groups is 1. The van der Waals surface area contributed by atoms with Crippen LogP contribution in [0.5, 0.6) is 0 Å². The number of amides is 1. The first kappa shape index (κ1) is 19.4. The van der Waals surface area contributed by atoms with E-state index >= 15 is 0 Å². The Kier molecular flexibility index (Phi) is 6.74. The number of halogens is 3. The van der Waals surface area contributed by atoms with Crippen molar-refractivity contribution in [3.8, 4) is 0 Å². The zero-order chi connectivity index (χ0) is 18.5. The van der Waals surface area contributed by atoms with Gasteiger partial charge in [-0.3, -0.25) is 14.6 Å². The van der Waals surface area contributed by atoms with Crippen LogP contribution < -0.4 is 5.32 Å². The first-order chi connectivity index (χ1) is 12.5. The van der Waals surface area contributed by atoms with Gasteiger partial charge in [-0.2, -0.15) is 0 Å². The Hall–Kier alpha value is -1.35. The summed E-state index contributed by atoms with van der Waals surface area (Å²) in [7, 11) is 0. The van der Waals surface area contributed by atoms with Gasteiger partial charge >= 0.3 is 0 Å². The van der Waals surface area contributed by atoms with E-state index in [9.17, 15) is 13.6 Å². The van der Waals surface area contributed by atoms with E-state index < -0.39 is 11.6 Å². The predicted molar refractivity (Wildman–Crippen MR) is 103 cm³/mol. The molecule has 3 rings (SSSR count). The molecule has 1 aliphatic heterocycles. The highest BCUT2D eigenvalue weighted by Gasteiger charge is 2.18. The lowest BCUT2D eigenvalue weighted by Gasteiger charge is -2.21. The molecule has 0 bridgehead atoms. The molecule has 0 spiro atoms. The molecule has 1 aliphatic rings. The number of anilines is 1. The summed E-state index contributed by atoms with van der Waals surface area (Å²) in [6.07, 6.45) is 0.977. The van der Waals surface area contributed by atoms with Crippen LogP contribution in [0.15, 0.2) is 34.1 Å². The number of carbonyl (C=O) groups excluding carboxylic acids is 1. The van der Waals surface area contributed by atoms with Crippen molar-refractivity contribution in [2.75, 3.05) is 38.0 Å². The van der Waals surface area contributed by atoms with Crippen molar-refractivity contribution in [1.82, 2.24) is 9.80 Å². The highest BCUT2D eigenvalue weighted by Crippen LogP contribution is 2.23. The van der Waals surface area contributed by atoms with E-state index in [2.05, 4.69) is 43.2 Å². The van der Waals surface area contributed by atoms with Crippen molar-refractivity contribution >= 4 is 38.9 Å². The molecule has 0 aliphatic carbocycles. The molecule has 0 saturated carbocycles. The van der Waals surface area contributed by atoms with E-state index in [0.717, 1.165) is 55.1 Å². The van der Waals surface area contributed by atoms with Crippen LogP contribution in [0.3, 0.4) is 0 Å². The van der Waals surface area contributed by atoms with Crippen LogP contribution in [0, 0.1) is 11.6 Å². The fourth-order valence-corrected chi connectivity index (χ4v) is 4.51. The smallest absolute Gasteiger partial charge is 0.238 e. The largest absolute Gasteiger partial charge is 0.322 e. The van der Waals surface area contributed by atoms with Gasteiger partial charge in [-0.05, 0) is 59.7 Å². The number of thiophene rings is 1. The number of rotatable bonds is 5. The molecule has 0 unspecified atom stereocenters. The van der Waals surface area contributed by atoms with Gasteiger partial charge in [0.15, 0.2) is 0 Å². The lowest BCUT2D eigenvalue weighted by Crippen LogP contribution is -2.36. The maximum Gasteiger partial charge on any atom is 0.238 e. The number of benzene rings is 1. The van der Waals surface area contributed by atoms with Crippen molar-refractivity contribution in [2.24, 2.45) is 0 Å². The van der Waals surface area contributed by atoms with Gasteiger partial charge in [-0.25, -0.2) is 8.78 Å². The van der Waals surface area contributed by atoms with Crippen LogP contribution in [0.2, 0.25) is 0 Å². The van der Waals surface area contributed by atoms with E-state index in [1.165, 1.54) is 10.9 Å². The SMILES string of the molecule is O=C(CN1CCCN(Cc2ccc(Br)s2)CC1)Nc1ccc(F)cc1F. The molecular weight excluding hydrogens is 424 g/mol. The second-order valence-corrected chi connectivity index (χ2v) is 8.83. The molecule has 4 nitrogen and oxygen atoms in total. The average molecular weight is 444 g/mol. The molecular formula is C18H20BrF2N3OS. The van der Waals surface area contributed by atoms with Crippen LogP contribution in [0.25, 0.3) is 0 Å². The zero-order valence-electron chi connectivity index (χ0n) is 14.2. The first-order valence-corrected chi connectivity index (χ1v) is 10.0. The topological polar surface area (TPSA) is 35.6 Å². The van der Waals surface area contributed by atoms with Crippen molar-refractivity contribution in [3.63, 3.8) is 0 Å². The van der Waals surface area contributed by atoms with Gasteiger partial charge < -0.3 is 5.32 Å². The maximum atomic E-state index is 13.6. The van der Waals surface area contributed by atoms with Gasteiger partial charge in [0.2, 0.25) is 5.91 Å². The third-order valence-corrected chi connectivity index (χ3v) is 5.87. The van der Waals surface area contributed by atoms with Crippen LogP contribution in [0.4, 0.5) is 14.5 Å². The molecule has 2 aromatic rings. The molecule has 2 heterocycles. The molecule has 0 atom stereocenters. The van der Waals surface area contributed by atoms with Gasteiger partial charge in [0, 0.05) is 30.6 Å². The maximum absolute atomic E-state index is 13.6. The molecule has 1 fully saturated rings. The molecule has 140 valence electrons. The monoisotopic (exact) mass is 443 g/mol. The minimum Gasteiger partial charge on any atom is -0.322 e. The van der Waals surface area contributed by atoms with Crippen LogP contribution in [-0.4, -0.2) is 48.4 Å². The van der Waals surface area contributed by atoms with Crippen LogP contribution in [0.1, 0.15) is 11.3 Å². The Balaban J connectivity index is 1.48. The minimum atomic E-state index is -0.762. The normalized spacial score (nSPS) is 16.4. The fraction of sp³-hybridized carbons (Fsp3) is 0.389. The minimum absolute atomic E-state index is 0.0103. The second kappa shape index (κ2) is 9.03. The Labute approximate surface area is 163 Å². The third kappa shape index (κ3) is 5.57. The lowest BCUT2D eigenvalue weighted by molar-refractivity contribution is -0.117. The van der Waals surface area contributed by atoms with Crippen molar-refractivity contribution in [1.29, 1.82) is 0 Å². The summed E-state index contributed by atoms with van der Waals surface area (Å²) in [5.74, 6) is -1.71. The first-order valence-electron chi connectivity index (χ1n) is 8.43. The summed E-state index contributed by atoms with van der Waals surface area (Å²) in [6, 6.07) is 7.32. The predicted octanol–water partition coefficient (Wildman–Crippen LogP) is 3.94. The Morgan fingerprint density at radius 3 is 2.62 bits per heavy atom. The van der Waals surface area contributed by atoms with Crippen molar-refractivity contribution in [2.45, 2.75) is 13.0 Å². The van der Waals surface area contributed by atoms with Crippen molar-refractivity contribution in [3.05, 3.63) is 50.6 Å². The number of hydrogen-bond donors (Lipinski definition) is 1. The molecule has 0 radical (unpaired) electrons. The van der Waals surface area contributed by atoms with Gasteiger partial charge in [-0.15, -0.1) is 11.3 Å². The van der Waals surface area contributed by atoms with E-state index in [-0.39, 0.29) is 18.1 Å². The molecule has 1 aromatic heterocycles. The summed E-state index contributed by atoms with van der Waals surface area (Å²) in [4.78, 5) is 17.9. The molecule has 1 aromatic carbocycles. The molecule has 8 heteroatoms. The summed E-state index contributed by atoms with van der Waals surface area (Å²) >= 11 is 5.22. The quantitative estimate of drug-likeness (QED) is 0.759. The standard InChI is InChI=1S/C18H20BrF2N3OS/c19-17-5-3-14(26-17)11-23-6-1-7-24(9-8-23)12-18(25)22-16-4-2-13(20)10-15(16)21/h2-5,10H,1,6-9,11-12H2,(H,22,25). The number of nitrogens with one attached hydrogen (secondary N) is 1. The highest BCUT2D eigenvalue weighted by atomic mass is 79.9. The Bertz CT molecular complexity index is 771. The Morgan fingerprint density at radius 2 is 1.88 bits per heavy atom. The summed E-state index contributed by atoms with van der Waals surface area (Å²) in [6.45, 7) is 4.59. The highest BCUT2D eigenvalue weighted by molar-refractivity contribution is 9.11. The van der Waals surface area contributed by atoms with E-state index in [1.807, 2.05) is 0 Å². The van der Waals surface area contributed by atoms with Gasteiger partial charge in [0.05, 0.1) is 16.0 Å². The molecule has 1 N–H and O–H groups in total. The second-order valence-electron chi connectivity index (χ2n) is 6.28. The van der Waals surface area contributed by atoms with Crippen molar-refractivity contribution < 1.29 is 13.6 Å². The number of hydrogen-bond acceptors (Lipinski definition) is 4. The molecule has 1 saturated heterocycles. The molecule has 26 heavy (non-hydrogen) atoms. The van der Waals surface area contributed by atoms with Gasteiger partial charge in [0.25, 0.3) is 0 Å². The fourth-order valence-electron chi connectivity index (χ4n) is 2.98. The number of nitrogens with zero attached hydrogens (tertiary/aromatic N) is 2.